The fraction of sp³-hybridized carbons (Fsp3) is 0.0909. The molecule has 0 spiro atoms. The molecule has 0 N–H and O–H groups in total. The third-order valence-corrected chi connectivity index (χ3v) is 2.27. The normalized spacial score (nSPS) is 17.4. The molecule has 1 aliphatic heterocycles. The van der Waals surface area contributed by atoms with Gasteiger partial charge in [0, 0.05) is 12.4 Å². The van der Waals surface area contributed by atoms with Crippen molar-refractivity contribution >= 4 is 35.0 Å². The lowest BCUT2D eigenvalue weighted by atomic mass is 10.2. The molecule has 15 heavy (non-hydrogen) atoms. The largest absolute Gasteiger partial charge is 0.243 e. The molecule has 0 aromatic carbocycles. The average Bonchev–Trinajstić information content (AvgIpc) is 2.24. The second kappa shape index (κ2) is 4.23. The van der Waals surface area contributed by atoms with Crippen LogP contribution >= 0.6 is 12.2 Å². The third-order valence-electron chi connectivity index (χ3n) is 1.96. The van der Waals surface area contributed by atoms with Crippen LogP contribution in [0, 0.1) is 6.92 Å². The van der Waals surface area contributed by atoms with E-state index in [1.807, 2.05) is 31.2 Å². The van der Waals surface area contributed by atoms with Crippen molar-refractivity contribution in [3.05, 3.63) is 36.0 Å². The van der Waals surface area contributed by atoms with Crippen molar-refractivity contribution in [3.8, 4) is 0 Å². The highest BCUT2D eigenvalue weighted by Gasteiger charge is 2.05. The molecule has 1 aromatic rings. The Morgan fingerprint density at radius 1 is 1.40 bits per heavy atom. The van der Waals surface area contributed by atoms with Crippen molar-refractivity contribution in [2.24, 2.45) is 9.98 Å². The van der Waals surface area contributed by atoms with Gasteiger partial charge < -0.3 is 0 Å². The van der Waals surface area contributed by atoms with Gasteiger partial charge >= 0.3 is 0 Å². The number of rotatable bonds is 1. The maximum absolute atomic E-state index is 5.06. The molecule has 1 aliphatic rings. The van der Waals surface area contributed by atoms with Crippen molar-refractivity contribution in [3.63, 3.8) is 0 Å². The van der Waals surface area contributed by atoms with Crippen molar-refractivity contribution < 1.29 is 0 Å². The van der Waals surface area contributed by atoms with E-state index in [1.165, 1.54) is 0 Å². The van der Waals surface area contributed by atoms with Gasteiger partial charge in [-0.15, -0.1) is 0 Å². The van der Waals surface area contributed by atoms with Gasteiger partial charge in [0.15, 0.2) is 10.8 Å². The lowest BCUT2D eigenvalue weighted by Gasteiger charge is -2.03. The summed E-state index contributed by atoms with van der Waals surface area (Å²) < 4.78 is 0. The van der Waals surface area contributed by atoms with Crippen molar-refractivity contribution in [1.29, 1.82) is 0 Å². The number of pyridine rings is 1. The molecule has 3 nitrogen and oxygen atoms in total. The summed E-state index contributed by atoms with van der Waals surface area (Å²) in [4.78, 5) is 13.0. The molecule has 0 atom stereocenters. The van der Waals surface area contributed by atoms with Crippen LogP contribution in [0.25, 0.3) is 0 Å². The minimum Gasteiger partial charge on any atom is -0.243 e. The summed E-state index contributed by atoms with van der Waals surface area (Å²) in [6, 6.07) is 3.84. The first kappa shape index (κ1) is 9.86. The third kappa shape index (κ3) is 2.22. The number of allylic oxidation sites excluding steroid dienone is 1. The quantitative estimate of drug-likeness (QED) is 0.675. The molecule has 0 saturated carbocycles. The Morgan fingerprint density at radius 2 is 2.27 bits per heavy atom. The summed E-state index contributed by atoms with van der Waals surface area (Å²) in [6.45, 7) is 1.96. The molecule has 74 valence electrons. The number of nitrogens with zero attached hydrogens (tertiary/aromatic N) is 3. The SMILES string of the molecule is Cc1cccnc1/N=C1\C=CC=NC1=S. The van der Waals surface area contributed by atoms with Crippen LogP contribution in [0.5, 0.6) is 0 Å². The van der Waals surface area contributed by atoms with Crippen LogP contribution in [0.4, 0.5) is 5.82 Å². The van der Waals surface area contributed by atoms with Crippen LogP contribution in [0.3, 0.4) is 0 Å². The maximum atomic E-state index is 5.06. The topological polar surface area (TPSA) is 37.6 Å². The number of aromatic nitrogens is 1. The highest BCUT2D eigenvalue weighted by atomic mass is 32.1. The van der Waals surface area contributed by atoms with Crippen LogP contribution in [0.1, 0.15) is 5.56 Å². The Bertz CT molecular complexity index is 486. The standard InChI is InChI=1S/C11H9N3S/c1-8-4-2-6-12-10(8)14-9-5-3-7-13-11(9)15/h2-7H,1H3/b14-9+. The molecule has 0 amide bonds. The molecule has 0 fully saturated rings. The van der Waals surface area contributed by atoms with Crippen LogP contribution in [0.15, 0.2) is 40.5 Å². The summed E-state index contributed by atoms with van der Waals surface area (Å²) in [7, 11) is 0. The van der Waals surface area contributed by atoms with E-state index in [9.17, 15) is 0 Å². The number of hydrogen-bond acceptors (Lipinski definition) is 3. The van der Waals surface area contributed by atoms with Gasteiger partial charge in [-0.25, -0.2) is 15.0 Å². The molecule has 1 aromatic heterocycles. The number of dihydropyridines is 1. The van der Waals surface area contributed by atoms with Crippen LogP contribution in [-0.2, 0) is 0 Å². The number of thiocarbonyl (C=S) groups is 1. The van der Waals surface area contributed by atoms with Gasteiger partial charge in [0.1, 0.15) is 5.71 Å². The van der Waals surface area contributed by atoms with Gasteiger partial charge in [-0.3, -0.25) is 0 Å². The van der Waals surface area contributed by atoms with E-state index in [0.29, 0.717) is 16.5 Å². The highest BCUT2D eigenvalue weighted by Crippen LogP contribution is 2.14. The molecular formula is C11H9N3S. The van der Waals surface area contributed by atoms with Crippen molar-refractivity contribution in [2.75, 3.05) is 0 Å². The molecule has 4 heteroatoms. The maximum Gasteiger partial charge on any atom is 0.155 e. The minimum absolute atomic E-state index is 0.502. The Labute approximate surface area is 93.3 Å². The number of aliphatic imine (C=N–C) groups is 2. The molecule has 0 saturated heterocycles. The van der Waals surface area contributed by atoms with E-state index in [2.05, 4.69) is 15.0 Å². The zero-order valence-electron chi connectivity index (χ0n) is 8.21. The van der Waals surface area contributed by atoms with Gasteiger partial charge in [0.05, 0.1) is 0 Å². The van der Waals surface area contributed by atoms with Crippen LogP contribution in [-0.4, -0.2) is 21.9 Å². The van der Waals surface area contributed by atoms with E-state index in [0.717, 1.165) is 5.56 Å². The highest BCUT2D eigenvalue weighted by molar-refractivity contribution is 7.82. The first-order valence-corrected chi connectivity index (χ1v) is 4.93. The predicted molar refractivity (Wildman–Crippen MR) is 66.3 cm³/mol. The molecule has 0 aliphatic carbocycles. The smallest absolute Gasteiger partial charge is 0.155 e. The van der Waals surface area contributed by atoms with Gasteiger partial charge in [0.25, 0.3) is 0 Å². The second-order valence-corrected chi connectivity index (χ2v) is 3.47. The van der Waals surface area contributed by atoms with E-state index < -0.39 is 0 Å². The van der Waals surface area contributed by atoms with Crippen LogP contribution in [0.2, 0.25) is 0 Å². The summed E-state index contributed by atoms with van der Waals surface area (Å²) in [5.41, 5.74) is 1.71. The Balaban J connectivity index is 2.39. The summed E-state index contributed by atoms with van der Waals surface area (Å²) in [6.07, 6.45) is 7.02. The van der Waals surface area contributed by atoms with E-state index in [1.54, 1.807) is 12.4 Å². The molecular weight excluding hydrogens is 206 g/mol. The van der Waals surface area contributed by atoms with Crippen molar-refractivity contribution in [2.45, 2.75) is 6.92 Å². The van der Waals surface area contributed by atoms with Gasteiger partial charge in [0.2, 0.25) is 0 Å². The predicted octanol–water partition coefficient (Wildman–Crippen LogP) is 2.43. The van der Waals surface area contributed by atoms with Gasteiger partial charge in [-0.05, 0) is 30.7 Å². The lowest BCUT2D eigenvalue weighted by Crippen LogP contribution is -2.09. The number of aryl methyl sites for hydroxylation is 1. The number of hydrogen-bond donors (Lipinski definition) is 0. The Kier molecular flexibility index (Phi) is 2.78. The fourth-order valence-corrected chi connectivity index (χ4v) is 1.35. The van der Waals surface area contributed by atoms with Gasteiger partial charge in [-0.2, -0.15) is 0 Å². The monoisotopic (exact) mass is 215 g/mol. The Morgan fingerprint density at radius 3 is 3.00 bits per heavy atom. The molecule has 0 bridgehead atoms. The zero-order chi connectivity index (χ0) is 10.7. The van der Waals surface area contributed by atoms with E-state index in [4.69, 9.17) is 12.2 Å². The first-order valence-electron chi connectivity index (χ1n) is 4.53. The molecule has 2 rings (SSSR count). The summed E-state index contributed by atoms with van der Waals surface area (Å²) in [5, 5.41) is 0. The van der Waals surface area contributed by atoms with E-state index in [-0.39, 0.29) is 0 Å². The van der Waals surface area contributed by atoms with Gasteiger partial charge in [-0.1, -0.05) is 18.3 Å². The summed E-state index contributed by atoms with van der Waals surface area (Å²) in [5.74, 6) is 0.691. The average molecular weight is 215 g/mol. The van der Waals surface area contributed by atoms with Crippen LogP contribution < -0.4 is 0 Å². The molecule has 0 radical (unpaired) electrons. The molecule has 2 heterocycles. The zero-order valence-corrected chi connectivity index (χ0v) is 9.03. The fourth-order valence-electron chi connectivity index (χ4n) is 1.18. The minimum atomic E-state index is 0.502. The Hall–Kier alpha value is -1.68. The van der Waals surface area contributed by atoms with E-state index >= 15 is 0 Å². The molecule has 0 unspecified atom stereocenters. The van der Waals surface area contributed by atoms with Crippen molar-refractivity contribution in [1.82, 2.24) is 4.98 Å². The summed E-state index contributed by atoms with van der Waals surface area (Å²) >= 11 is 5.06. The first-order chi connectivity index (χ1) is 7.27. The second-order valence-electron chi connectivity index (χ2n) is 3.08. The lowest BCUT2D eigenvalue weighted by molar-refractivity contribution is 1.23.